The van der Waals surface area contributed by atoms with Crippen molar-refractivity contribution in [2.45, 2.75) is 51.3 Å². The van der Waals surface area contributed by atoms with Crippen LogP contribution in [0.15, 0.2) is 0 Å². The fourth-order valence-electron chi connectivity index (χ4n) is 2.64. The Hall–Kier alpha value is 0. The molecule has 2 aliphatic carbocycles. The largest absolute Gasteiger partial charge is 0.0530 e. The zero-order valence-corrected chi connectivity index (χ0v) is 6.68. The van der Waals surface area contributed by atoms with Crippen molar-refractivity contribution in [2.75, 3.05) is 0 Å². The third-order valence-corrected chi connectivity index (χ3v) is 3.28. The molecule has 0 bridgehead atoms. The van der Waals surface area contributed by atoms with E-state index in [1.54, 1.807) is 0 Å². The van der Waals surface area contributed by atoms with Crippen LogP contribution in [0, 0.1) is 11.8 Å². The highest BCUT2D eigenvalue weighted by Crippen LogP contribution is 2.39. The van der Waals surface area contributed by atoms with Crippen LogP contribution in [0.1, 0.15) is 52.7 Å². The van der Waals surface area contributed by atoms with Crippen LogP contribution in [0.3, 0.4) is 0 Å². The Bertz CT molecular complexity index is 133. The Labute approximate surface area is 65.4 Å². The summed E-state index contributed by atoms with van der Waals surface area (Å²) in [4.78, 5) is 0. The lowest BCUT2D eigenvalue weighted by Crippen LogP contribution is -2.22. The van der Waals surface area contributed by atoms with Gasteiger partial charge in [-0.25, -0.2) is 0 Å². The van der Waals surface area contributed by atoms with E-state index in [0.29, 0.717) is 0 Å². The molecular weight excluding hydrogens is 120 g/mol. The summed E-state index contributed by atoms with van der Waals surface area (Å²) in [6, 6.07) is 0. The summed E-state index contributed by atoms with van der Waals surface area (Å²) in [5.74, 6) is 1.96. The molecule has 0 aliphatic heterocycles. The third-order valence-electron chi connectivity index (χ3n) is 3.28. The SMILES string of the molecule is [2H]C1CC[C@@H]2CCCC[C@@H]2C1. The van der Waals surface area contributed by atoms with Gasteiger partial charge < -0.3 is 0 Å². The van der Waals surface area contributed by atoms with Gasteiger partial charge in [0.05, 0.1) is 0 Å². The van der Waals surface area contributed by atoms with Crippen molar-refractivity contribution in [3.8, 4) is 0 Å². The molecule has 2 fully saturated rings. The first-order chi connectivity index (χ1) is 5.36. The van der Waals surface area contributed by atoms with Crippen molar-refractivity contribution in [1.82, 2.24) is 0 Å². The highest BCUT2D eigenvalue weighted by atomic mass is 14.3. The molecular formula is C10H18. The quantitative estimate of drug-likeness (QED) is 0.482. The molecule has 0 saturated heterocycles. The van der Waals surface area contributed by atoms with Gasteiger partial charge in [0, 0.05) is 1.37 Å². The predicted molar refractivity (Wildman–Crippen MR) is 43.9 cm³/mol. The van der Waals surface area contributed by atoms with Gasteiger partial charge in [-0.2, -0.15) is 0 Å². The fraction of sp³-hybridized carbons (Fsp3) is 1.00. The highest BCUT2D eigenvalue weighted by Gasteiger charge is 2.26. The zero-order chi connectivity index (χ0) is 7.68. The first kappa shape index (κ1) is 5.62. The summed E-state index contributed by atoms with van der Waals surface area (Å²) in [7, 11) is 0. The van der Waals surface area contributed by atoms with Gasteiger partial charge in [-0.1, -0.05) is 51.3 Å². The van der Waals surface area contributed by atoms with Crippen molar-refractivity contribution in [1.29, 1.82) is 0 Å². The molecule has 58 valence electrons. The van der Waals surface area contributed by atoms with E-state index in [0.717, 1.165) is 11.8 Å². The summed E-state index contributed by atoms with van der Waals surface area (Å²) in [5.41, 5.74) is 0. The minimum Gasteiger partial charge on any atom is -0.0530 e. The Morgan fingerprint density at radius 2 is 1.40 bits per heavy atom. The molecule has 2 aliphatic rings. The van der Waals surface area contributed by atoms with E-state index >= 15 is 0 Å². The van der Waals surface area contributed by atoms with E-state index in [4.69, 9.17) is 1.37 Å². The van der Waals surface area contributed by atoms with Crippen LogP contribution < -0.4 is 0 Å². The van der Waals surface area contributed by atoms with Crippen LogP contribution in [0.5, 0.6) is 0 Å². The fourth-order valence-corrected chi connectivity index (χ4v) is 2.64. The Morgan fingerprint density at radius 1 is 0.800 bits per heavy atom. The van der Waals surface area contributed by atoms with Crippen LogP contribution in [-0.4, -0.2) is 0 Å². The van der Waals surface area contributed by atoms with Gasteiger partial charge in [-0.3, -0.25) is 0 Å². The van der Waals surface area contributed by atoms with Gasteiger partial charge >= 0.3 is 0 Å². The van der Waals surface area contributed by atoms with Crippen LogP contribution >= 0.6 is 0 Å². The van der Waals surface area contributed by atoms with E-state index in [1.807, 2.05) is 0 Å². The smallest absolute Gasteiger partial charge is 0.0267 e. The van der Waals surface area contributed by atoms with Crippen LogP contribution in [0.2, 0.25) is 0 Å². The number of fused-ring (bicyclic) bond motifs is 1. The van der Waals surface area contributed by atoms with E-state index in [2.05, 4.69) is 0 Å². The van der Waals surface area contributed by atoms with Crippen LogP contribution in [0.4, 0.5) is 0 Å². The first-order valence-electron chi connectivity index (χ1n) is 5.36. The zero-order valence-electron chi connectivity index (χ0n) is 7.68. The average molecular weight is 139 g/mol. The molecule has 0 N–H and O–H groups in total. The molecule has 0 aromatic carbocycles. The highest BCUT2D eigenvalue weighted by molar-refractivity contribution is 4.78. The summed E-state index contributed by atoms with van der Waals surface area (Å²) >= 11 is 0. The van der Waals surface area contributed by atoms with Gasteiger partial charge in [-0.05, 0) is 11.8 Å². The van der Waals surface area contributed by atoms with Gasteiger partial charge in [0.15, 0.2) is 0 Å². The normalized spacial score (nSPS) is 49.6. The van der Waals surface area contributed by atoms with Crippen molar-refractivity contribution < 1.29 is 1.37 Å². The minimum absolute atomic E-state index is 0.286. The number of rotatable bonds is 0. The van der Waals surface area contributed by atoms with E-state index in [-0.39, 0.29) is 6.40 Å². The van der Waals surface area contributed by atoms with Crippen LogP contribution in [0.25, 0.3) is 0 Å². The number of hydrogen-bond acceptors (Lipinski definition) is 0. The lowest BCUT2D eigenvalue weighted by atomic mass is 9.71. The molecule has 3 atom stereocenters. The number of hydrogen-bond donors (Lipinski definition) is 0. The maximum atomic E-state index is 7.69. The van der Waals surface area contributed by atoms with Gasteiger partial charge in [0.25, 0.3) is 0 Å². The summed E-state index contributed by atoms with van der Waals surface area (Å²) in [6.07, 6.45) is 9.84. The Balaban J connectivity index is 1.93. The summed E-state index contributed by atoms with van der Waals surface area (Å²) < 4.78 is 7.69. The van der Waals surface area contributed by atoms with Gasteiger partial charge in [0.1, 0.15) is 0 Å². The second-order valence-electron chi connectivity index (χ2n) is 3.91. The second-order valence-corrected chi connectivity index (χ2v) is 3.91. The van der Waals surface area contributed by atoms with Crippen molar-refractivity contribution in [2.24, 2.45) is 11.8 Å². The van der Waals surface area contributed by atoms with Crippen molar-refractivity contribution in [3.05, 3.63) is 0 Å². The van der Waals surface area contributed by atoms with Crippen molar-refractivity contribution >= 4 is 0 Å². The summed E-state index contributed by atoms with van der Waals surface area (Å²) in [6.45, 7) is 0. The summed E-state index contributed by atoms with van der Waals surface area (Å²) in [5, 5.41) is 0. The van der Waals surface area contributed by atoms with E-state index in [1.165, 1.54) is 44.9 Å². The van der Waals surface area contributed by atoms with E-state index < -0.39 is 0 Å². The maximum Gasteiger partial charge on any atom is 0.0267 e. The van der Waals surface area contributed by atoms with Crippen molar-refractivity contribution in [3.63, 3.8) is 0 Å². The molecule has 0 heterocycles. The first-order valence-corrected chi connectivity index (χ1v) is 4.78. The average Bonchev–Trinajstić information content (AvgIpc) is 2.04. The molecule has 10 heavy (non-hydrogen) atoms. The Kier molecular flexibility index (Phi) is 1.65. The second kappa shape index (κ2) is 2.94. The molecule has 0 nitrogen and oxygen atoms in total. The molecule has 1 unspecified atom stereocenters. The van der Waals surface area contributed by atoms with Crippen LogP contribution in [-0.2, 0) is 0 Å². The predicted octanol–water partition coefficient (Wildman–Crippen LogP) is 3.37. The minimum atomic E-state index is 0.286. The molecule has 2 saturated carbocycles. The van der Waals surface area contributed by atoms with E-state index in [9.17, 15) is 0 Å². The molecule has 0 amide bonds. The molecule has 0 aromatic rings. The standard InChI is InChI=1S/C10H18/c1-2-6-10-8-4-3-7-9(10)5-1/h9-10H,1-8H2/t9-,10+/i1D/t1?,9-,10+/m0/s1. The van der Waals surface area contributed by atoms with Gasteiger partial charge in [0.2, 0.25) is 0 Å². The maximum absolute atomic E-state index is 7.69. The molecule has 0 spiro atoms. The van der Waals surface area contributed by atoms with Gasteiger partial charge in [-0.15, -0.1) is 0 Å². The lowest BCUT2D eigenvalue weighted by molar-refractivity contribution is 0.171. The third kappa shape index (κ3) is 1.21. The molecule has 0 radical (unpaired) electrons. The molecule has 0 aromatic heterocycles. The Morgan fingerprint density at radius 3 is 2.20 bits per heavy atom. The topological polar surface area (TPSA) is 0 Å². The molecule has 0 heteroatoms. The molecule has 2 rings (SSSR count). The monoisotopic (exact) mass is 139 g/mol. The lowest BCUT2D eigenvalue weighted by Gasteiger charge is -2.35.